The van der Waals surface area contributed by atoms with Gasteiger partial charge in [-0.1, -0.05) is 36.4 Å². The molecule has 6 aliphatic heterocycles. The van der Waals surface area contributed by atoms with E-state index in [0.29, 0.717) is 0 Å². The van der Waals surface area contributed by atoms with Crippen molar-refractivity contribution in [1.82, 2.24) is 0 Å². The van der Waals surface area contributed by atoms with Crippen LogP contribution in [0.25, 0.3) is 0 Å². The molecule has 66 heavy (non-hydrogen) atoms. The number of hydrogen-bond donors (Lipinski definition) is 0. The molecule has 0 aliphatic carbocycles. The third-order valence-electron chi connectivity index (χ3n) is 17.2. The predicted molar refractivity (Wildman–Crippen MR) is 308 cm³/mol. The molecule has 6 saturated heterocycles. The van der Waals surface area contributed by atoms with E-state index in [4.69, 9.17) is 0 Å². The van der Waals surface area contributed by atoms with Crippen LogP contribution in [0.4, 0.5) is 0 Å². The third-order valence-corrected chi connectivity index (χ3v) is 40.5. The van der Waals surface area contributed by atoms with E-state index in [1.54, 1.807) is 40.0 Å². The Hall–Kier alpha value is 3.33. The number of halogens is 3. The van der Waals surface area contributed by atoms with Crippen LogP contribution in [0, 0.1) is 0 Å². The molecule has 0 N–H and O–H groups in total. The molecule has 0 spiro atoms. The molecule has 0 saturated carbocycles. The molecule has 6 heterocycles. The fraction of sp³-hybridized carbons (Fsp3) is 0.667. The van der Waals surface area contributed by atoms with Crippen LogP contribution >= 0.6 is 65.9 Å². The molecule has 3 aromatic rings. The fourth-order valence-corrected chi connectivity index (χ4v) is 38.6. The Labute approximate surface area is 468 Å². The fourth-order valence-electron chi connectivity index (χ4n) is 13.9. The van der Waals surface area contributed by atoms with Crippen molar-refractivity contribution in [1.29, 1.82) is 0 Å². The summed E-state index contributed by atoms with van der Waals surface area (Å²) in [7, 11) is 7.17. The summed E-state index contributed by atoms with van der Waals surface area (Å²) in [5, 5.41) is 11.0. The Morgan fingerprint density at radius 3 is 0.455 bits per heavy atom. The molecule has 0 unspecified atom stereocenters. The van der Waals surface area contributed by atoms with Crippen molar-refractivity contribution in [2.45, 2.75) is 228 Å². The second-order valence-corrected chi connectivity index (χ2v) is 42.2. The van der Waals surface area contributed by atoms with Gasteiger partial charge in [0.2, 0.25) is 0 Å². The number of benzene rings is 3. The molecule has 3 aromatic carbocycles. The van der Waals surface area contributed by atoms with E-state index in [-0.39, 0.29) is 82.3 Å². The minimum absolute atomic E-state index is 0. The van der Waals surface area contributed by atoms with Crippen LogP contribution < -0.4 is 44.2 Å². The average Bonchev–Trinajstić information content (AvgIpc) is 4.15. The van der Waals surface area contributed by atoms with Crippen LogP contribution in [0.5, 0.6) is 0 Å². The van der Waals surface area contributed by atoms with Gasteiger partial charge in [0.1, 0.15) is 31.8 Å². The average molecular weight is 1620 g/mol. The van der Waals surface area contributed by atoms with Crippen molar-refractivity contribution >= 4 is 97.7 Å². The summed E-state index contributed by atoms with van der Waals surface area (Å²) in [5.41, 5.74) is 11.7. The first-order valence-corrected chi connectivity index (χ1v) is 40.8. The predicted octanol–water partition coefficient (Wildman–Crippen LogP) is 11.9. The van der Waals surface area contributed by atoms with Crippen molar-refractivity contribution < 1.29 is 74.8 Å². The Kier molecular flexibility index (Phi) is 30.3. The first-order valence-electron chi connectivity index (χ1n) is 25.5. The molecule has 0 nitrogen and oxygen atoms in total. The summed E-state index contributed by atoms with van der Waals surface area (Å²) in [4.78, 5) is 0. The second-order valence-electron chi connectivity index (χ2n) is 21.6. The summed E-state index contributed by atoms with van der Waals surface area (Å²) >= 11 is 3.50. The topological polar surface area (TPSA) is 0 Å². The Bertz CT molecular complexity index is 1460. The second kappa shape index (κ2) is 31.4. The molecular formula is C54H90Au3Cl3P6+5. The summed E-state index contributed by atoms with van der Waals surface area (Å²) < 4.78 is 0. The molecular weight excluding hydrogens is 1530 g/mol. The molecule has 0 aromatic heterocycles. The van der Waals surface area contributed by atoms with Crippen LogP contribution in [0.2, 0.25) is 0 Å². The Balaban J connectivity index is 0.000000249. The van der Waals surface area contributed by atoms with Gasteiger partial charge >= 0.3 is 58.4 Å². The maximum absolute atomic E-state index is 4.58. The van der Waals surface area contributed by atoms with Gasteiger partial charge in [0, 0.05) is 69.9 Å². The van der Waals surface area contributed by atoms with Gasteiger partial charge in [-0.15, -0.1) is 0 Å². The van der Waals surface area contributed by atoms with Crippen LogP contribution in [0.15, 0.2) is 72.8 Å². The SMILES string of the molecule is C[C@@H]1CC[C@@H](C)[PH+]1c1ccccc1[PH+]1[C@H](C)CC[C@H]1C.C[C@@H]1CC[C@@H](C)[PH+]1c1ccccc1[PH+]1[C@H](C)CC[C@H]1C.C[C@@H]1CC[C@@H](C)[PH+]1c1ccccc1[PH+]1[C@H](C)CC[C@H]1C.[Au].[Cl-].[Cl][Au].[Cl][Au]. The molecule has 0 bridgehead atoms. The van der Waals surface area contributed by atoms with Gasteiger partial charge in [-0.3, -0.25) is 0 Å². The standard InChI is InChI=1S/3C18H28P2.3Au.3ClH/c3*1-13-9-10-14(2)19(13)17-7-5-6-8-18(17)20-15(3)11-12-16(20)4;;;;;;/h3*5-8,13-16H,9-12H2,1-4H3;;;;3*1H/q;;;;2*+1;;;/p+3/t3*13-,14-,15-,16-;;;;;;/m111....../s1. The van der Waals surface area contributed by atoms with Gasteiger partial charge in [-0.2, -0.15) is 0 Å². The molecule has 385 valence electrons. The summed E-state index contributed by atoms with van der Waals surface area (Å²) in [6.07, 6.45) is 17.6. The minimum atomic E-state index is -0.332. The first kappa shape index (κ1) is 63.6. The molecule has 1 radical (unpaired) electrons. The van der Waals surface area contributed by atoms with Gasteiger partial charge in [0.05, 0.1) is 67.9 Å². The van der Waals surface area contributed by atoms with Crippen LogP contribution in [0.1, 0.15) is 160 Å². The summed E-state index contributed by atoms with van der Waals surface area (Å²) in [5.74, 6) is 0. The van der Waals surface area contributed by atoms with Crippen molar-refractivity contribution in [3.63, 3.8) is 0 Å². The summed E-state index contributed by atoms with van der Waals surface area (Å²) in [6, 6.07) is 28.9. The Morgan fingerprint density at radius 1 is 0.273 bits per heavy atom. The maximum atomic E-state index is 4.58. The monoisotopic (exact) mass is 1620 g/mol. The van der Waals surface area contributed by atoms with Crippen LogP contribution in [-0.2, 0) is 62.4 Å². The van der Waals surface area contributed by atoms with Crippen molar-refractivity contribution in [3.05, 3.63) is 72.8 Å². The third kappa shape index (κ3) is 15.5. The van der Waals surface area contributed by atoms with Crippen LogP contribution in [0.3, 0.4) is 0 Å². The zero-order valence-corrected chi connectivity index (χ0v) is 57.1. The first-order chi connectivity index (χ1) is 30.8. The van der Waals surface area contributed by atoms with Gasteiger partial charge in [-0.05, 0) is 197 Å². The number of hydrogen-bond acceptors (Lipinski definition) is 0. The van der Waals surface area contributed by atoms with Crippen molar-refractivity contribution in [2.75, 3.05) is 0 Å². The van der Waals surface area contributed by atoms with Gasteiger partial charge in [-0.25, -0.2) is 0 Å². The van der Waals surface area contributed by atoms with E-state index >= 15 is 0 Å². The van der Waals surface area contributed by atoms with E-state index in [2.05, 4.69) is 174 Å². The van der Waals surface area contributed by atoms with Gasteiger partial charge < -0.3 is 12.4 Å². The van der Waals surface area contributed by atoms with Gasteiger partial charge in [0.25, 0.3) is 0 Å². The van der Waals surface area contributed by atoms with E-state index in [0.717, 1.165) is 67.9 Å². The molecule has 6 fully saturated rings. The van der Waals surface area contributed by atoms with Crippen molar-refractivity contribution in [2.24, 2.45) is 0 Å². The molecule has 12 heteroatoms. The van der Waals surface area contributed by atoms with Crippen molar-refractivity contribution in [3.8, 4) is 0 Å². The molecule has 12 atom stereocenters. The zero-order valence-electron chi connectivity index (χ0n) is 42.4. The van der Waals surface area contributed by atoms with E-state index in [9.17, 15) is 0 Å². The molecule has 0 amide bonds. The quantitative estimate of drug-likeness (QED) is 0.170. The number of rotatable bonds is 6. The zero-order chi connectivity index (χ0) is 46.8. The van der Waals surface area contributed by atoms with E-state index < -0.39 is 0 Å². The Morgan fingerprint density at radius 2 is 0.364 bits per heavy atom. The summed E-state index contributed by atoms with van der Waals surface area (Å²) in [6.45, 7) is 30.3. The van der Waals surface area contributed by atoms with E-state index in [1.165, 1.54) is 77.0 Å². The van der Waals surface area contributed by atoms with Crippen LogP contribution in [-0.4, -0.2) is 67.9 Å². The molecule has 9 rings (SSSR count). The normalized spacial score (nSPS) is 32.8. The molecule has 6 aliphatic rings. The van der Waals surface area contributed by atoms with E-state index in [1.807, 2.05) is 31.8 Å². The van der Waals surface area contributed by atoms with Gasteiger partial charge in [0.15, 0.2) is 0 Å².